The van der Waals surface area contributed by atoms with Gasteiger partial charge in [-0.1, -0.05) is 26.2 Å². The number of esters is 1. The molecule has 0 spiro atoms. The van der Waals surface area contributed by atoms with Crippen LogP contribution in [-0.2, 0) is 9.53 Å². The molecule has 1 saturated carbocycles. The summed E-state index contributed by atoms with van der Waals surface area (Å²) in [6, 6.07) is 0. The highest BCUT2D eigenvalue weighted by molar-refractivity contribution is 5.69. The van der Waals surface area contributed by atoms with Gasteiger partial charge in [0.1, 0.15) is 0 Å². The van der Waals surface area contributed by atoms with Crippen LogP contribution < -0.4 is 5.32 Å². The first kappa shape index (κ1) is 14.5. The second-order valence-corrected chi connectivity index (χ2v) is 5.03. The SMILES string of the molecule is CCCNCCCOC(=O)CC1CCCCC1. The Balaban J connectivity index is 1.93. The molecule has 17 heavy (non-hydrogen) atoms. The fraction of sp³-hybridized carbons (Fsp3) is 0.929. The van der Waals surface area contributed by atoms with Crippen LogP contribution in [-0.4, -0.2) is 25.7 Å². The largest absolute Gasteiger partial charge is 0.466 e. The molecule has 1 aliphatic carbocycles. The van der Waals surface area contributed by atoms with Crippen molar-refractivity contribution in [2.45, 2.75) is 58.3 Å². The van der Waals surface area contributed by atoms with Crippen LogP contribution in [0.2, 0.25) is 0 Å². The van der Waals surface area contributed by atoms with Crippen LogP contribution in [0.15, 0.2) is 0 Å². The zero-order valence-electron chi connectivity index (χ0n) is 11.2. The van der Waals surface area contributed by atoms with Gasteiger partial charge in [0.05, 0.1) is 6.61 Å². The molecular formula is C14H27NO2. The number of hydrogen-bond donors (Lipinski definition) is 1. The maximum Gasteiger partial charge on any atom is 0.306 e. The fourth-order valence-electron chi connectivity index (χ4n) is 2.37. The van der Waals surface area contributed by atoms with E-state index >= 15 is 0 Å². The Labute approximate surface area is 105 Å². The molecule has 1 N–H and O–H groups in total. The van der Waals surface area contributed by atoms with Gasteiger partial charge in [-0.15, -0.1) is 0 Å². The van der Waals surface area contributed by atoms with Crippen LogP contribution in [0.3, 0.4) is 0 Å². The van der Waals surface area contributed by atoms with E-state index in [-0.39, 0.29) is 5.97 Å². The molecule has 0 aliphatic heterocycles. The molecule has 0 heterocycles. The minimum Gasteiger partial charge on any atom is -0.466 e. The van der Waals surface area contributed by atoms with Gasteiger partial charge in [-0.2, -0.15) is 0 Å². The molecule has 0 aromatic heterocycles. The van der Waals surface area contributed by atoms with E-state index in [1.165, 1.54) is 32.1 Å². The van der Waals surface area contributed by atoms with E-state index < -0.39 is 0 Å². The van der Waals surface area contributed by atoms with Crippen LogP contribution in [0.5, 0.6) is 0 Å². The number of nitrogens with one attached hydrogen (secondary N) is 1. The number of carbonyl (C=O) groups is 1. The van der Waals surface area contributed by atoms with Crippen molar-refractivity contribution in [2.75, 3.05) is 19.7 Å². The number of carbonyl (C=O) groups excluding carboxylic acids is 1. The summed E-state index contributed by atoms with van der Waals surface area (Å²) in [6.45, 7) is 4.72. The predicted molar refractivity (Wildman–Crippen MR) is 69.9 cm³/mol. The molecule has 100 valence electrons. The Morgan fingerprint density at radius 3 is 2.71 bits per heavy atom. The van der Waals surface area contributed by atoms with Crippen molar-refractivity contribution < 1.29 is 9.53 Å². The predicted octanol–water partition coefficient (Wildman–Crippen LogP) is 2.89. The quantitative estimate of drug-likeness (QED) is 0.524. The van der Waals surface area contributed by atoms with Crippen molar-refractivity contribution in [3.63, 3.8) is 0 Å². The van der Waals surface area contributed by atoms with Gasteiger partial charge in [0, 0.05) is 6.42 Å². The Kier molecular flexibility index (Phi) is 8.06. The van der Waals surface area contributed by atoms with Gasteiger partial charge in [0.15, 0.2) is 0 Å². The maximum absolute atomic E-state index is 11.6. The van der Waals surface area contributed by atoms with E-state index in [4.69, 9.17) is 4.74 Å². The molecule has 3 heteroatoms. The highest BCUT2D eigenvalue weighted by Gasteiger charge is 2.17. The van der Waals surface area contributed by atoms with Crippen molar-refractivity contribution in [3.8, 4) is 0 Å². The minimum atomic E-state index is 0.00684. The number of rotatable bonds is 8. The van der Waals surface area contributed by atoms with E-state index in [0.717, 1.165) is 25.9 Å². The molecule has 3 nitrogen and oxygen atoms in total. The van der Waals surface area contributed by atoms with Crippen LogP contribution in [0, 0.1) is 5.92 Å². The summed E-state index contributed by atoms with van der Waals surface area (Å²) in [5.74, 6) is 0.599. The van der Waals surface area contributed by atoms with Gasteiger partial charge in [0.25, 0.3) is 0 Å². The van der Waals surface area contributed by atoms with Crippen molar-refractivity contribution in [3.05, 3.63) is 0 Å². The number of hydrogen-bond acceptors (Lipinski definition) is 3. The van der Waals surface area contributed by atoms with Crippen LogP contribution in [0.4, 0.5) is 0 Å². The second kappa shape index (κ2) is 9.46. The van der Waals surface area contributed by atoms with Gasteiger partial charge in [0.2, 0.25) is 0 Å². The van der Waals surface area contributed by atoms with Crippen LogP contribution in [0.25, 0.3) is 0 Å². The first-order valence-electron chi connectivity index (χ1n) is 7.19. The van der Waals surface area contributed by atoms with Crippen molar-refractivity contribution in [1.82, 2.24) is 5.32 Å². The lowest BCUT2D eigenvalue weighted by molar-refractivity contribution is -0.145. The standard InChI is InChI=1S/C14H27NO2/c1-2-9-15-10-6-11-17-14(16)12-13-7-4-3-5-8-13/h13,15H,2-12H2,1H3. The minimum absolute atomic E-state index is 0.00684. The molecule has 1 rings (SSSR count). The molecule has 0 amide bonds. The summed E-state index contributed by atoms with van der Waals surface area (Å²) in [5, 5.41) is 3.30. The lowest BCUT2D eigenvalue weighted by Crippen LogP contribution is -2.19. The Morgan fingerprint density at radius 2 is 2.00 bits per heavy atom. The molecule has 0 atom stereocenters. The fourth-order valence-corrected chi connectivity index (χ4v) is 2.37. The maximum atomic E-state index is 11.6. The molecule has 0 unspecified atom stereocenters. The van der Waals surface area contributed by atoms with Crippen molar-refractivity contribution in [2.24, 2.45) is 5.92 Å². The zero-order valence-corrected chi connectivity index (χ0v) is 11.2. The third-order valence-corrected chi connectivity index (χ3v) is 3.37. The zero-order chi connectivity index (χ0) is 12.3. The van der Waals surface area contributed by atoms with Gasteiger partial charge in [-0.25, -0.2) is 0 Å². The summed E-state index contributed by atoms with van der Waals surface area (Å²) in [5.41, 5.74) is 0. The Bertz CT molecular complexity index is 200. The van der Waals surface area contributed by atoms with E-state index in [1.807, 2.05) is 0 Å². The van der Waals surface area contributed by atoms with Gasteiger partial charge in [-0.3, -0.25) is 4.79 Å². The van der Waals surface area contributed by atoms with Gasteiger partial charge >= 0.3 is 5.97 Å². The molecular weight excluding hydrogens is 214 g/mol. The third-order valence-electron chi connectivity index (χ3n) is 3.37. The van der Waals surface area contributed by atoms with Crippen molar-refractivity contribution in [1.29, 1.82) is 0 Å². The average Bonchev–Trinajstić information content (AvgIpc) is 2.35. The van der Waals surface area contributed by atoms with E-state index in [1.54, 1.807) is 0 Å². The van der Waals surface area contributed by atoms with E-state index in [0.29, 0.717) is 18.9 Å². The highest BCUT2D eigenvalue weighted by Crippen LogP contribution is 2.26. The lowest BCUT2D eigenvalue weighted by Gasteiger charge is -2.20. The Hall–Kier alpha value is -0.570. The second-order valence-electron chi connectivity index (χ2n) is 5.03. The summed E-state index contributed by atoms with van der Waals surface area (Å²) in [6.07, 6.45) is 9.08. The van der Waals surface area contributed by atoms with E-state index in [9.17, 15) is 4.79 Å². The number of ether oxygens (including phenoxy) is 1. The monoisotopic (exact) mass is 241 g/mol. The lowest BCUT2D eigenvalue weighted by atomic mass is 9.87. The molecule has 1 aliphatic rings. The normalized spacial score (nSPS) is 17.0. The van der Waals surface area contributed by atoms with Crippen molar-refractivity contribution >= 4 is 5.97 Å². The molecule has 0 aromatic rings. The van der Waals surface area contributed by atoms with Crippen LogP contribution in [0.1, 0.15) is 58.3 Å². The third kappa shape index (κ3) is 7.37. The van der Waals surface area contributed by atoms with Gasteiger partial charge < -0.3 is 10.1 Å². The summed E-state index contributed by atoms with van der Waals surface area (Å²) in [4.78, 5) is 11.6. The average molecular weight is 241 g/mol. The topological polar surface area (TPSA) is 38.3 Å². The van der Waals surface area contributed by atoms with Crippen LogP contribution >= 0.6 is 0 Å². The highest BCUT2D eigenvalue weighted by atomic mass is 16.5. The molecule has 0 aromatic carbocycles. The summed E-state index contributed by atoms with van der Waals surface area (Å²) in [7, 11) is 0. The summed E-state index contributed by atoms with van der Waals surface area (Å²) >= 11 is 0. The van der Waals surface area contributed by atoms with Gasteiger partial charge in [-0.05, 0) is 44.7 Å². The van der Waals surface area contributed by atoms with E-state index in [2.05, 4.69) is 12.2 Å². The molecule has 0 radical (unpaired) electrons. The smallest absolute Gasteiger partial charge is 0.306 e. The molecule has 0 saturated heterocycles. The molecule has 1 fully saturated rings. The first-order chi connectivity index (χ1) is 8.33. The summed E-state index contributed by atoms with van der Waals surface area (Å²) < 4.78 is 5.25. The molecule has 0 bridgehead atoms. The first-order valence-corrected chi connectivity index (χ1v) is 7.19. The Morgan fingerprint density at radius 1 is 1.24 bits per heavy atom.